The summed E-state index contributed by atoms with van der Waals surface area (Å²) >= 11 is 0. The van der Waals surface area contributed by atoms with Gasteiger partial charge in [0.15, 0.2) is 5.82 Å². The molecule has 0 spiro atoms. The lowest BCUT2D eigenvalue weighted by atomic mass is 9.99. The van der Waals surface area contributed by atoms with Gasteiger partial charge in [-0.2, -0.15) is 0 Å². The number of hydrogen-bond donors (Lipinski definition) is 1. The second kappa shape index (κ2) is 9.87. The fourth-order valence-corrected chi connectivity index (χ4v) is 3.77. The van der Waals surface area contributed by atoms with Gasteiger partial charge in [-0.15, -0.1) is 0 Å². The van der Waals surface area contributed by atoms with Gasteiger partial charge >= 0.3 is 0 Å². The van der Waals surface area contributed by atoms with E-state index in [1.165, 1.54) is 12.8 Å². The maximum absolute atomic E-state index is 13.3. The molecule has 0 atom stereocenters. The first-order valence-corrected chi connectivity index (χ1v) is 10.5. The van der Waals surface area contributed by atoms with E-state index in [0.29, 0.717) is 12.4 Å². The van der Waals surface area contributed by atoms with Gasteiger partial charge < -0.3 is 19.9 Å². The molecule has 2 fully saturated rings. The second-order valence-corrected chi connectivity index (χ2v) is 7.95. The van der Waals surface area contributed by atoms with E-state index in [-0.39, 0.29) is 5.91 Å². The SMILES string of the molecule is Cc1ncc(NC(=O)C(/C=C(\N(C)C)N2CCCC2)=C2/CCCOCC2)nc1C. The average molecular weight is 400 g/mol. The third-order valence-electron chi connectivity index (χ3n) is 5.54. The van der Waals surface area contributed by atoms with Crippen molar-refractivity contribution in [1.82, 2.24) is 19.8 Å². The Kier molecular flexibility index (Phi) is 7.25. The van der Waals surface area contributed by atoms with E-state index < -0.39 is 0 Å². The molecule has 7 heteroatoms. The number of nitrogens with zero attached hydrogens (tertiary/aromatic N) is 4. The van der Waals surface area contributed by atoms with Crippen LogP contribution in [0.15, 0.2) is 29.2 Å². The molecule has 2 aliphatic heterocycles. The smallest absolute Gasteiger partial charge is 0.256 e. The van der Waals surface area contributed by atoms with Crippen molar-refractivity contribution in [2.45, 2.75) is 46.0 Å². The molecule has 0 aliphatic carbocycles. The number of aryl methyl sites for hydroxylation is 2. The maximum atomic E-state index is 13.3. The van der Waals surface area contributed by atoms with Crippen molar-refractivity contribution >= 4 is 11.7 Å². The van der Waals surface area contributed by atoms with E-state index in [0.717, 1.165) is 67.3 Å². The summed E-state index contributed by atoms with van der Waals surface area (Å²) in [6, 6.07) is 0. The molecule has 158 valence electrons. The number of carbonyl (C=O) groups is 1. The molecular formula is C22H33N5O2. The van der Waals surface area contributed by atoms with Gasteiger partial charge in [0.2, 0.25) is 0 Å². The number of carbonyl (C=O) groups excluding carboxylic acids is 1. The Bertz CT molecular complexity index is 784. The van der Waals surface area contributed by atoms with Crippen LogP contribution >= 0.6 is 0 Å². The zero-order valence-corrected chi connectivity index (χ0v) is 18.1. The first-order valence-electron chi connectivity index (χ1n) is 10.5. The molecule has 7 nitrogen and oxygen atoms in total. The third-order valence-corrected chi connectivity index (χ3v) is 5.54. The minimum absolute atomic E-state index is 0.127. The molecule has 0 bridgehead atoms. The fraction of sp³-hybridized carbons (Fsp3) is 0.591. The summed E-state index contributed by atoms with van der Waals surface area (Å²) in [6.07, 6.45) is 8.64. The van der Waals surface area contributed by atoms with Crippen molar-refractivity contribution in [1.29, 1.82) is 0 Å². The summed E-state index contributed by atoms with van der Waals surface area (Å²) in [6.45, 7) is 7.27. The van der Waals surface area contributed by atoms with Crippen molar-refractivity contribution in [2.75, 3.05) is 45.7 Å². The molecule has 1 aromatic heterocycles. The summed E-state index contributed by atoms with van der Waals surface area (Å²) in [7, 11) is 4.07. The van der Waals surface area contributed by atoms with Crippen molar-refractivity contribution in [3.63, 3.8) is 0 Å². The maximum Gasteiger partial charge on any atom is 0.256 e. The van der Waals surface area contributed by atoms with Crippen molar-refractivity contribution in [3.05, 3.63) is 40.6 Å². The standard InChI is InChI=1S/C22H33N5O2/c1-16-17(2)24-20(15-23-16)25-22(28)19(18-8-7-12-29-13-9-18)14-21(26(3)4)27-10-5-6-11-27/h14-15H,5-13H2,1-4H3,(H,24,25,28)/b19-18-,21-14+. The van der Waals surface area contributed by atoms with E-state index in [2.05, 4.69) is 31.2 Å². The molecule has 0 aromatic carbocycles. The van der Waals surface area contributed by atoms with Crippen LogP contribution in [0.5, 0.6) is 0 Å². The van der Waals surface area contributed by atoms with Gasteiger partial charge in [0.25, 0.3) is 5.91 Å². The number of nitrogens with one attached hydrogen (secondary N) is 1. The van der Waals surface area contributed by atoms with Gasteiger partial charge in [-0.25, -0.2) is 4.98 Å². The molecule has 2 aliphatic rings. The van der Waals surface area contributed by atoms with E-state index in [1.54, 1.807) is 6.20 Å². The number of hydrogen-bond acceptors (Lipinski definition) is 6. The van der Waals surface area contributed by atoms with E-state index >= 15 is 0 Å². The molecule has 0 saturated carbocycles. The number of anilines is 1. The zero-order chi connectivity index (χ0) is 20.8. The predicted molar refractivity (Wildman–Crippen MR) is 114 cm³/mol. The Morgan fingerprint density at radius 1 is 1.14 bits per heavy atom. The van der Waals surface area contributed by atoms with Crippen LogP contribution in [0.4, 0.5) is 5.82 Å². The van der Waals surface area contributed by atoms with Gasteiger partial charge in [0.1, 0.15) is 5.82 Å². The molecular weight excluding hydrogens is 366 g/mol. The number of rotatable bonds is 5. The Labute approximate surface area is 173 Å². The molecule has 0 radical (unpaired) electrons. The lowest BCUT2D eigenvalue weighted by molar-refractivity contribution is -0.112. The lowest BCUT2D eigenvalue weighted by Gasteiger charge is -2.28. The minimum atomic E-state index is -0.127. The molecule has 2 saturated heterocycles. The number of amides is 1. The zero-order valence-electron chi connectivity index (χ0n) is 18.1. The topological polar surface area (TPSA) is 70.6 Å². The highest BCUT2D eigenvalue weighted by atomic mass is 16.5. The van der Waals surface area contributed by atoms with Crippen LogP contribution in [-0.2, 0) is 9.53 Å². The molecule has 0 unspecified atom stereocenters. The lowest BCUT2D eigenvalue weighted by Crippen LogP contribution is -2.30. The highest BCUT2D eigenvalue weighted by molar-refractivity contribution is 6.05. The molecule has 3 heterocycles. The summed E-state index contributed by atoms with van der Waals surface area (Å²) in [5, 5.41) is 2.97. The highest BCUT2D eigenvalue weighted by Gasteiger charge is 2.21. The minimum Gasteiger partial charge on any atom is -0.381 e. The first kappa shape index (κ1) is 21.3. The van der Waals surface area contributed by atoms with Gasteiger partial charge in [0.05, 0.1) is 24.2 Å². The van der Waals surface area contributed by atoms with Crippen LogP contribution in [0, 0.1) is 13.8 Å². The number of likely N-dealkylation sites (tertiary alicyclic amines) is 1. The van der Waals surface area contributed by atoms with Gasteiger partial charge in [-0.05, 0) is 52.0 Å². The van der Waals surface area contributed by atoms with Gasteiger partial charge in [0, 0.05) is 39.4 Å². The van der Waals surface area contributed by atoms with Gasteiger partial charge in [-0.1, -0.05) is 5.57 Å². The van der Waals surface area contributed by atoms with Crippen LogP contribution < -0.4 is 5.32 Å². The Morgan fingerprint density at radius 2 is 1.90 bits per heavy atom. The second-order valence-electron chi connectivity index (χ2n) is 7.95. The molecule has 1 aromatic rings. The van der Waals surface area contributed by atoms with Crippen molar-refractivity contribution in [2.24, 2.45) is 0 Å². The largest absolute Gasteiger partial charge is 0.381 e. The van der Waals surface area contributed by atoms with E-state index in [9.17, 15) is 4.79 Å². The van der Waals surface area contributed by atoms with Crippen LogP contribution in [0.25, 0.3) is 0 Å². The summed E-state index contributed by atoms with van der Waals surface area (Å²) in [5.41, 5.74) is 3.56. The van der Waals surface area contributed by atoms with E-state index in [1.807, 2.05) is 27.9 Å². The summed E-state index contributed by atoms with van der Waals surface area (Å²) in [5.74, 6) is 1.44. The van der Waals surface area contributed by atoms with Crippen molar-refractivity contribution < 1.29 is 9.53 Å². The Morgan fingerprint density at radius 3 is 2.59 bits per heavy atom. The van der Waals surface area contributed by atoms with Crippen LogP contribution in [-0.4, -0.2) is 66.1 Å². The van der Waals surface area contributed by atoms with Crippen LogP contribution in [0.2, 0.25) is 0 Å². The van der Waals surface area contributed by atoms with Crippen LogP contribution in [0.3, 0.4) is 0 Å². The first-order chi connectivity index (χ1) is 14.0. The van der Waals surface area contributed by atoms with Crippen molar-refractivity contribution in [3.8, 4) is 0 Å². The molecule has 3 rings (SSSR count). The molecule has 1 amide bonds. The monoisotopic (exact) mass is 399 g/mol. The van der Waals surface area contributed by atoms with Gasteiger partial charge in [-0.3, -0.25) is 9.78 Å². The highest BCUT2D eigenvalue weighted by Crippen LogP contribution is 2.25. The summed E-state index contributed by atoms with van der Waals surface area (Å²) in [4.78, 5) is 26.6. The summed E-state index contributed by atoms with van der Waals surface area (Å²) < 4.78 is 5.62. The molecule has 29 heavy (non-hydrogen) atoms. The fourth-order valence-electron chi connectivity index (χ4n) is 3.77. The third kappa shape index (κ3) is 5.56. The molecule has 1 N–H and O–H groups in total. The number of ether oxygens (including phenoxy) is 1. The quantitative estimate of drug-likeness (QED) is 0.768. The Hall–Kier alpha value is -2.41. The normalized spacial score (nSPS) is 19.7. The Balaban J connectivity index is 1.95. The average Bonchev–Trinajstić information content (AvgIpc) is 3.07. The number of aromatic nitrogens is 2. The van der Waals surface area contributed by atoms with E-state index in [4.69, 9.17) is 4.74 Å². The predicted octanol–water partition coefficient (Wildman–Crippen LogP) is 3.03. The van der Waals surface area contributed by atoms with Crippen LogP contribution in [0.1, 0.15) is 43.5 Å².